The van der Waals surface area contributed by atoms with E-state index in [1.54, 1.807) is 7.11 Å². The van der Waals surface area contributed by atoms with E-state index in [0.717, 1.165) is 29.2 Å². The number of benzene rings is 1. The van der Waals surface area contributed by atoms with Crippen LogP contribution in [0.2, 0.25) is 5.02 Å². The topological polar surface area (TPSA) is 21.3 Å². The molecule has 1 aromatic rings. The van der Waals surface area contributed by atoms with Gasteiger partial charge >= 0.3 is 0 Å². The third-order valence-electron chi connectivity index (χ3n) is 2.78. The lowest BCUT2D eigenvalue weighted by Crippen LogP contribution is -2.25. The van der Waals surface area contributed by atoms with E-state index in [1.807, 2.05) is 25.1 Å². The van der Waals surface area contributed by atoms with Crippen LogP contribution in [0.5, 0.6) is 0 Å². The molecular formula is C13H20ClNO. The van der Waals surface area contributed by atoms with Gasteiger partial charge in [-0.2, -0.15) is 0 Å². The fourth-order valence-electron chi connectivity index (χ4n) is 1.31. The fourth-order valence-corrected chi connectivity index (χ4v) is 1.49. The average molecular weight is 242 g/mol. The van der Waals surface area contributed by atoms with Gasteiger partial charge < -0.3 is 10.1 Å². The molecule has 1 N–H and O–H groups in total. The van der Waals surface area contributed by atoms with Crippen molar-refractivity contribution in [2.45, 2.75) is 32.8 Å². The highest BCUT2D eigenvalue weighted by atomic mass is 35.5. The summed E-state index contributed by atoms with van der Waals surface area (Å²) in [6.07, 6.45) is 0.953. The van der Waals surface area contributed by atoms with Crippen LogP contribution in [0.15, 0.2) is 18.2 Å². The van der Waals surface area contributed by atoms with Crippen molar-refractivity contribution >= 4 is 17.3 Å². The van der Waals surface area contributed by atoms with E-state index < -0.39 is 0 Å². The Kier molecular flexibility index (Phi) is 4.63. The Morgan fingerprint density at radius 1 is 1.38 bits per heavy atom. The normalized spacial score (nSPS) is 11.6. The molecule has 0 amide bonds. The second kappa shape index (κ2) is 5.55. The summed E-state index contributed by atoms with van der Waals surface area (Å²) in [5.74, 6) is 0. The number of hydrogen-bond donors (Lipinski definition) is 1. The molecule has 0 bridgehead atoms. The highest BCUT2D eigenvalue weighted by Gasteiger charge is 2.15. The summed E-state index contributed by atoms with van der Waals surface area (Å²) in [5.41, 5.74) is 2.08. The highest BCUT2D eigenvalue weighted by Crippen LogP contribution is 2.20. The summed E-state index contributed by atoms with van der Waals surface area (Å²) in [4.78, 5) is 0. The number of anilines is 1. The van der Waals surface area contributed by atoms with Gasteiger partial charge in [-0.05, 0) is 44.9 Å². The second-order valence-electron chi connectivity index (χ2n) is 4.60. The van der Waals surface area contributed by atoms with Gasteiger partial charge in [0.15, 0.2) is 0 Å². The molecule has 1 aromatic carbocycles. The van der Waals surface area contributed by atoms with E-state index >= 15 is 0 Å². The minimum Gasteiger partial charge on any atom is -0.385 e. The number of rotatable bonds is 5. The number of hydrogen-bond acceptors (Lipinski definition) is 2. The van der Waals surface area contributed by atoms with Crippen molar-refractivity contribution in [1.29, 1.82) is 0 Å². The zero-order valence-electron chi connectivity index (χ0n) is 10.4. The monoisotopic (exact) mass is 241 g/mol. The molecule has 0 aromatic heterocycles. The van der Waals surface area contributed by atoms with E-state index in [2.05, 4.69) is 19.2 Å². The number of halogens is 1. The minimum absolute atomic E-state index is 0.0819. The van der Waals surface area contributed by atoms with Crippen molar-refractivity contribution in [3.63, 3.8) is 0 Å². The highest BCUT2D eigenvalue weighted by molar-refractivity contribution is 6.31. The van der Waals surface area contributed by atoms with Gasteiger partial charge in [0.25, 0.3) is 0 Å². The van der Waals surface area contributed by atoms with Crippen LogP contribution in [0.1, 0.15) is 25.8 Å². The molecule has 0 saturated carbocycles. The van der Waals surface area contributed by atoms with Crippen LogP contribution in [0.3, 0.4) is 0 Å². The zero-order valence-corrected chi connectivity index (χ0v) is 11.2. The molecule has 90 valence electrons. The third kappa shape index (κ3) is 4.03. The van der Waals surface area contributed by atoms with Gasteiger partial charge in [-0.3, -0.25) is 0 Å². The van der Waals surface area contributed by atoms with E-state index in [9.17, 15) is 0 Å². The van der Waals surface area contributed by atoms with E-state index in [1.165, 1.54) is 0 Å². The molecule has 0 atom stereocenters. The maximum absolute atomic E-state index is 6.05. The van der Waals surface area contributed by atoms with Crippen LogP contribution in [0.4, 0.5) is 5.69 Å². The fraction of sp³-hybridized carbons (Fsp3) is 0.538. The van der Waals surface area contributed by atoms with Crippen LogP contribution in [-0.2, 0) is 4.74 Å². The predicted molar refractivity (Wildman–Crippen MR) is 70.4 cm³/mol. The first-order chi connectivity index (χ1) is 7.44. The Balaban J connectivity index is 2.46. The Morgan fingerprint density at radius 2 is 2.06 bits per heavy atom. The van der Waals surface area contributed by atoms with Gasteiger partial charge in [-0.15, -0.1) is 0 Å². The lowest BCUT2D eigenvalue weighted by molar-refractivity contribution is 0.0185. The first-order valence-corrected chi connectivity index (χ1v) is 5.87. The minimum atomic E-state index is -0.0819. The molecule has 0 fully saturated rings. The lowest BCUT2D eigenvalue weighted by Gasteiger charge is -2.23. The molecule has 1 rings (SSSR count). The Morgan fingerprint density at radius 3 is 2.62 bits per heavy atom. The molecule has 0 saturated heterocycles. The molecule has 0 aliphatic rings. The largest absolute Gasteiger partial charge is 0.385 e. The third-order valence-corrected chi connectivity index (χ3v) is 3.19. The summed E-state index contributed by atoms with van der Waals surface area (Å²) in [7, 11) is 1.74. The Bertz CT molecular complexity index is 350. The predicted octanol–water partition coefficient (Wildman–Crippen LogP) is 3.88. The number of ether oxygens (including phenoxy) is 1. The summed E-state index contributed by atoms with van der Waals surface area (Å²) in [5, 5.41) is 4.14. The van der Waals surface area contributed by atoms with Crippen molar-refractivity contribution in [2.75, 3.05) is 19.0 Å². The number of aryl methyl sites for hydroxylation is 1. The summed E-state index contributed by atoms with van der Waals surface area (Å²) in [6, 6.07) is 6.02. The lowest BCUT2D eigenvalue weighted by atomic mass is 10.1. The van der Waals surface area contributed by atoms with Gasteiger partial charge in [0.2, 0.25) is 0 Å². The molecule has 0 unspecified atom stereocenters. The van der Waals surface area contributed by atoms with Crippen LogP contribution >= 0.6 is 11.6 Å². The SMILES string of the molecule is COC(C)(C)CCNc1ccc(C)c(Cl)c1. The van der Waals surface area contributed by atoms with E-state index in [0.29, 0.717) is 0 Å². The van der Waals surface area contributed by atoms with Gasteiger partial charge in [-0.1, -0.05) is 17.7 Å². The molecule has 0 heterocycles. The summed E-state index contributed by atoms with van der Waals surface area (Å²) >= 11 is 6.05. The Labute approximate surface area is 103 Å². The molecule has 0 radical (unpaired) electrons. The van der Waals surface area contributed by atoms with Crippen LogP contribution in [-0.4, -0.2) is 19.3 Å². The summed E-state index contributed by atoms with van der Waals surface area (Å²) in [6.45, 7) is 7.04. The molecule has 3 heteroatoms. The molecule has 0 aliphatic heterocycles. The zero-order chi connectivity index (χ0) is 12.2. The molecule has 0 aliphatic carbocycles. The molecule has 0 spiro atoms. The van der Waals surface area contributed by atoms with Gasteiger partial charge in [0, 0.05) is 24.4 Å². The number of methoxy groups -OCH3 is 1. The van der Waals surface area contributed by atoms with Gasteiger partial charge in [-0.25, -0.2) is 0 Å². The molecule has 2 nitrogen and oxygen atoms in total. The van der Waals surface area contributed by atoms with Crippen molar-refractivity contribution < 1.29 is 4.74 Å². The van der Waals surface area contributed by atoms with Gasteiger partial charge in [0.05, 0.1) is 5.60 Å². The number of nitrogens with one attached hydrogen (secondary N) is 1. The average Bonchev–Trinajstić information content (AvgIpc) is 2.23. The first kappa shape index (κ1) is 13.3. The van der Waals surface area contributed by atoms with Crippen molar-refractivity contribution in [2.24, 2.45) is 0 Å². The van der Waals surface area contributed by atoms with Crippen molar-refractivity contribution in [3.05, 3.63) is 28.8 Å². The molecule has 16 heavy (non-hydrogen) atoms. The standard InChI is InChI=1S/C13H20ClNO/c1-10-5-6-11(9-12(10)14)15-8-7-13(2,3)16-4/h5-6,9,15H,7-8H2,1-4H3. The Hall–Kier alpha value is -0.730. The van der Waals surface area contributed by atoms with Crippen molar-refractivity contribution in [1.82, 2.24) is 0 Å². The maximum atomic E-state index is 6.05. The quantitative estimate of drug-likeness (QED) is 0.845. The van der Waals surface area contributed by atoms with E-state index in [4.69, 9.17) is 16.3 Å². The maximum Gasteiger partial charge on any atom is 0.0639 e. The first-order valence-electron chi connectivity index (χ1n) is 5.50. The van der Waals surface area contributed by atoms with Crippen molar-refractivity contribution in [3.8, 4) is 0 Å². The molecular weight excluding hydrogens is 222 g/mol. The van der Waals surface area contributed by atoms with Crippen LogP contribution < -0.4 is 5.32 Å². The summed E-state index contributed by atoms with van der Waals surface area (Å²) < 4.78 is 5.35. The van der Waals surface area contributed by atoms with E-state index in [-0.39, 0.29) is 5.60 Å². The second-order valence-corrected chi connectivity index (χ2v) is 5.01. The smallest absolute Gasteiger partial charge is 0.0639 e. The van der Waals surface area contributed by atoms with Crippen LogP contribution in [0.25, 0.3) is 0 Å². The van der Waals surface area contributed by atoms with Gasteiger partial charge in [0.1, 0.15) is 0 Å². The van der Waals surface area contributed by atoms with Crippen LogP contribution in [0, 0.1) is 6.92 Å².